The number of aromatic amines is 1. The van der Waals surface area contributed by atoms with Crippen molar-refractivity contribution in [3.63, 3.8) is 0 Å². The highest BCUT2D eigenvalue weighted by Crippen LogP contribution is 2.08. The van der Waals surface area contributed by atoms with Crippen molar-refractivity contribution in [3.8, 4) is 0 Å². The summed E-state index contributed by atoms with van der Waals surface area (Å²) in [5, 5.41) is 16.8. The van der Waals surface area contributed by atoms with Crippen LogP contribution in [-0.4, -0.2) is 38.0 Å². The molecule has 0 aliphatic heterocycles. The predicted molar refractivity (Wildman–Crippen MR) is 57.6 cm³/mol. The second-order valence-corrected chi connectivity index (χ2v) is 4.30. The molecular weight excluding hydrogens is 228 g/mol. The zero-order chi connectivity index (χ0) is 13.1. The number of anilines is 1. The summed E-state index contributed by atoms with van der Waals surface area (Å²) in [4.78, 5) is 25.5. The molecule has 0 unspecified atom stereocenters. The maximum Gasteiger partial charge on any atom is 0.414 e. The van der Waals surface area contributed by atoms with Gasteiger partial charge in [0.25, 0.3) is 5.95 Å². The quantitative estimate of drug-likeness (QED) is 0.720. The smallest absolute Gasteiger partial charge is 0.414 e. The summed E-state index contributed by atoms with van der Waals surface area (Å²) in [6.07, 6.45) is -0.985. The molecule has 0 fully saturated rings. The van der Waals surface area contributed by atoms with Gasteiger partial charge in [0, 0.05) is 0 Å². The van der Waals surface area contributed by atoms with E-state index in [2.05, 4.69) is 20.5 Å². The molecule has 1 aromatic rings. The van der Waals surface area contributed by atoms with Crippen LogP contribution in [0.5, 0.6) is 0 Å². The average molecular weight is 242 g/mol. The summed E-state index contributed by atoms with van der Waals surface area (Å²) in [5.41, 5.74) is -0.621. The highest BCUT2D eigenvalue weighted by molar-refractivity contribution is 5.82. The number of carboxylic acids is 1. The molecule has 94 valence electrons. The number of H-pyrrole nitrogens is 1. The van der Waals surface area contributed by atoms with E-state index in [0.717, 1.165) is 0 Å². The minimum atomic E-state index is -1.04. The lowest BCUT2D eigenvalue weighted by Gasteiger charge is -2.18. The Labute approximate surface area is 97.4 Å². The van der Waals surface area contributed by atoms with E-state index in [1.54, 1.807) is 20.8 Å². The van der Waals surface area contributed by atoms with Crippen molar-refractivity contribution in [3.05, 3.63) is 5.82 Å². The van der Waals surface area contributed by atoms with Crippen LogP contribution in [0.3, 0.4) is 0 Å². The Morgan fingerprint density at radius 1 is 1.47 bits per heavy atom. The largest absolute Gasteiger partial charge is 0.481 e. The second kappa shape index (κ2) is 4.81. The summed E-state index contributed by atoms with van der Waals surface area (Å²) in [6.45, 7) is 5.17. The standard InChI is InChI=1S/C9H14N4O4/c1-9(2,3)17-8(16)11-7-10-5(12-13-7)4-6(14)15/h4H2,1-3H3,(H,14,15)(H2,10,11,12,13,16). The minimum absolute atomic E-state index is 0.0181. The van der Waals surface area contributed by atoms with Crippen molar-refractivity contribution in [2.45, 2.75) is 32.8 Å². The molecular formula is C9H14N4O4. The maximum absolute atomic E-state index is 11.3. The first kappa shape index (κ1) is 12.9. The fraction of sp³-hybridized carbons (Fsp3) is 0.556. The lowest BCUT2D eigenvalue weighted by Crippen LogP contribution is -2.27. The van der Waals surface area contributed by atoms with Crippen LogP contribution in [0.2, 0.25) is 0 Å². The number of aliphatic carboxylic acids is 1. The van der Waals surface area contributed by atoms with Crippen LogP contribution < -0.4 is 5.32 Å². The van der Waals surface area contributed by atoms with Crippen LogP contribution >= 0.6 is 0 Å². The van der Waals surface area contributed by atoms with E-state index in [4.69, 9.17) is 9.84 Å². The monoisotopic (exact) mass is 242 g/mol. The number of carbonyl (C=O) groups excluding carboxylic acids is 1. The average Bonchev–Trinajstić information content (AvgIpc) is 2.46. The molecule has 1 amide bonds. The number of rotatable bonds is 3. The molecule has 8 heteroatoms. The van der Waals surface area contributed by atoms with E-state index in [-0.39, 0.29) is 18.2 Å². The zero-order valence-corrected chi connectivity index (χ0v) is 9.77. The Hall–Kier alpha value is -2.12. The van der Waals surface area contributed by atoms with Gasteiger partial charge >= 0.3 is 12.1 Å². The maximum atomic E-state index is 11.3. The third-order valence-electron chi connectivity index (χ3n) is 1.46. The third kappa shape index (κ3) is 4.96. The van der Waals surface area contributed by atoms with Crippen molar-refractivity contribution in [2.75, 3.05) is 5.32 Å². The summed E-state index contributed by atoms with van der Waals surface area (Å²) >= 11 is 0. The number of aromatic nitrogens is 3. The molecule has 0 bridgehead atoms. The molecule has 0 aromatic carbocycles. The van der Waals surface area contributed by atoms with Gasteiger partial charge in [-0.3, -0.25) is 15.2 Å². The van der Waals surface area contributed by atoms with E-state index in [1.807, 2.05) is 0 Å². The number of carboxylic acid groups (broad SMARTS) is 1. The molecule has 0 saturated heterocycles. The van der Waals surface area contributed by atoms with Crippen LogP contribution in [0, 0.1) is 0 Å². The molecule has 0 radical (unpaired) electrons. The molecule has 0 saturated carbocycles. The van der Waals surface area contributed by atoms with E-state index in [0.29, 0.717) is 0 Å². The topological polar surface area (TPSA) is 117 Å². The van der Waals surface area contributed by atoms with Gasteiger partial charge in [0.1, 0.15) is 17.8 Å². The van der Waals surface area contributed by atoms with E-state index < -0.39 is 17.7 Å². The molecule has 17 heavy (non-hydrogen) atoms. The Bertz CT molecular complexity index is 421. The van der Waals surface area contributed by atoms with Crippen molar-refractivity contribution >= 4 is 18.0 Å². The minimum Gasteiger partial charge on any atom is -0.481 e. The van der Waals surface area contributed by atoms with Gasteiger partial charge in [-0.2, -0.15) is 4.98 Å². The van der Waals surface area contributed by atoms with Crippen LogP contribution in [0.1, 0.15) is 26.6 Å². The van der Waals surface area contributed by atoms with Gasteiger partial charge in [0.2, 0.25) is 0 Å². The van der Waals surface area contributed by atoms with Gasteiger partial charge in [0.15, 0.2) is 0 Å². The highest BCUT2D eigenvalue weighted by atomic mass is 16.6. The Balaban J connectivity index is 2.55. The van der Waals surface area contributed by atoms with Crippen molar-refractivity contribution in [1.29, 1.82) is 0 Å². The van der Waals surface area contributed by atoms with Crippen molar-refractivity contribution in [2.24, 2.45) is 0 Å². The molecule has 3 N–H and O–H groups in total. The third-order valence-corrected chi connectivity index (χ3v) is 1.46. The zero-order valence-electron chi connectivity index (χ0n) is 9.77. The molecule has 0 aliphatic rings. The summed E-state index contributed by atoms with van der Waals surface area (Å²) < 4.78 is 4.97. The summed E-state index contributed by atoms with van der Waals surface area (Å²) in [5.74, 6) is -0.899. The van der Waals surface area contributed by atoms with Crippen LogP contribution in [0.4, 0.5) is 10.7 Å². The molecule has 0 atom stereocenters. The lowest BCUT2D eigenvalue weighted by atomic mass is 10.2. The van der Waals surface area contributed by atoms with Gasteiger partial charge in [-0.15, -0.1) is 5.10 Å². The molecule has 1 aromatic heterocycles. The van der Waals surface area contributed by atoms with Crippen LogP contribution in [0.25, 0.3) is 0 Å². The Morgan fingerprint density at radius 2 is 2.12 bits per heavy atom. The van der Waals surface area contributed by atoms with E-state index in [9.17, 15) is 9.59 Å². The summed E-state index contributed by atoms with van der Waals surface area (Å²) in [6, 6.07) is 0. The number of hydrogen-bond acceptors (Lipinski definition) is 5. The molecule has 8 nitrogen and oxygen atoms in total. The van der Waals surface area contributed by atoms with Gasteiger partial charge in [-0.25, -0.2) is 4.79 Å². The number of carbonyl (C=O) groups is 2. The van der Waals surface area contributed by atoms with Gasteiger partial charge < -0.3 is 9.84 Å². The lowest BCUT2D eigenvalue weighted by molar-refractivity contribution is -0.136. The van der Waals surface area contributed by atoms with Gasteiger partial charge in [-0.05, 0) is 20.8 Å². The molecule has 1 rings (SSSR count). The second-order valence-electron chi connectivity index (χ2n) is 4.30. The first-order chi connectivity index (χ1) is 7.76. The normalized spacial score (nSPS) is 11.0. The highest BCUT2D eigenvalue weighted by Gasteiger charge is 2.17. The van der Waals surface area contributed by atoms with Crippen LogP contribution in [-0.2, 0) is 16.0 Å². The fourth-order valence-electron chi connectivity index (χ4n) is 0.968. The van der Waals surface area contributed by atoms with Crippen LogP contribution in [0.15, 0.2) is 0 Å². The van der Waals surface area contributed by atoms with E-state index in [1.165, 1.54) is 0 Å². The number of amides is 1. The van der Waals surface area contributed by atoms with Crippen molar-refractivity contribution in [1.82, 2.24) is 15.2 Å². The SMILES string of the molecule is CC(C)(C)OC(=O)Nc1n[nH]c(CC(=O)O)n1. The van der Waals surface area contributed by atoms with Gasteiger partial charge in [0.05, 0.1) is 0 Å². The number of nitrogens with zero attached hydrogens (tertiary/aromatic N) is 2. The number of nitrogens with one attached hydrogen (secondary N) is 2. The first-order valence-electron chi connectivity index (χ1n) is 4.89. The predicted octanol–water partition coefficient (Wildman–Crippen LogP) is 0.779. The first-order valence-corrected chi connectivity index (χ1v) is 4.89. The molecule has 0 aliphatic carbocycles. The van der Waals surface area contributed by atoms with Gasteiger partial charge in [-0.1, -0.05) is 0 Å². The Morgan fingerprint density at radius 3 is 2.65 bits per heavy atom. The number of hydrogen-bond donors (Lipinski definition) is 3. The van der Waals surface area contributed by atoms with Crippen molar-refractivity contribution < 1.29 is 19.4 Å². The van der Waals surface area contributed by atoms with E-state index >= 15 is 0 Å². The molecule has 1 heterocycles. The Kier molecular flexibility index (Phi) is 3.66. The fourth-order valence-corrected chi connectivity index (χ4v) is 0.968. The molecule has 0 spiro atoms. The summed E-state index contributed by atoms with van der Waals surface area (Å²) in [7, 11) is 0. The number of ether oxygens (including phenoxy) is 1.